The van der Waals surface area contributed by atoms with E-state index in [4.69, 9.17) is 20.4 Å². The number of aliphatic hydroxyl groups is 2. The summed E-state index contributed by atoms with van der Waals surface area (Å²) in [5.41, 5.74) is 0.662. The Morgan fingerprint density at radius 2 is 1.21 bits per heavy atom. The molecule has 0 saturated heterocycles. The summed E-state index contributed by atoms with van der Waals surface area (Å²) in [6.07, 6.45) is 1.25. The van der Waals surface area contributed by atoms with Gasteiger partial charge >= 0.3 is 11.9 Å². The number of aromatic carboxylic acids is 2. The fourth-order valence-electron chi connectivity index (χ4n) is 1.89. The second-order valence-corrected chi connectivity index (χ2v) is 6.56. The van der Waals surface area contributed by atoms with Crippen molar-refractivity contribution >= 4 is 27.9 Å². The van der Waals surface area contributed by atoms with Crippen LogP contribution >= 0.6 is 15.9 Å². The lowest BCUT2D eigenvalue weighted by Gasteiger charge is -2.12. The molecule has 154 valence electrons. The molecule has 2 atom stereocenters. The first-order chi connectivity index (χ1) is 13.3. The minimum Gasteiger partial charge on any atom is -0.478 e. The molecule has 0 aliphatic rings. The molecule has 0 saturated carbocycles. The van der Waals surface area contributed by atoms with Gasteiger partial charge in [-0.1, -0.05) is 59.3 Å². The minimum absolute atomic E-state index is 0.331. The molecule has 28 heavy (non-hydrogen) atoms. The summed E-state index contributed by atoms with van der Waals surface area (Å²) in [5, 5.41) is 35.8. The van der Waals surface area contributed by atoms with Crippen molar-refractivity contribution in [3.8, 4) is 0 Å². The number of carboxylic acids is 2. The molecule has 7 heteroatoms. The van der Waals surface area contributed by atoms with Crippen LogP contribution in [0.4, 0.5) is 0 Å². The molecule has 0 fully saturated rings. The lowest BCUT2D eigenvalue weighted by molar-refractivity contribution is 0.0686. The van der Waals surface area contributed by atoms with Gasteiger partial charge in [0, 0.05) is 5.33 Å². The third kappa shape index (κ3) is 13.0. The average molecular weight is 455 g/mol. The van der Waals surface area contributed by atoms with Gasteiger partial charge in [-0.05, 0) is 43.5 Å². The fraction of sp³-hybridized carbons (Fsp3) is 0.333. The Kier molecular flexibility index (Phi) is 14.5. The van der Waals surface area contributed by atoms with Gasteiger partial charge in [0.05, 0.1) is 23.3 Å². The van der Waals surface area contributed by atoms with Gasteiger partial charge in [0.1, 0.15) is 0 Å². The van der Waals surface area contributed by atoms with Gasteiger partial charge < -0.3 is 20.4 Å². The number of rotatable bonds is 7. The molecule has 0 heterocycles. The molecule has 6 nitrogen and oxygen atoms in total. The van der Waals surface area contributed by atoms with Crippen molar-refractivity contribution in [2.24, 2.45) is 0 Å². The molecule has 0 aliphatic heterocycles. The van der Waals surface area contributed by atoms with Crippen molar-refractivity contribution < 1.29 is 30.0 Å². The van der Waals surface area contributed by atoms with Crippen molar-refractivity contribution in [1.82, 2.24) is 0 Å². The SMILES string of the molecule is CCC(O)CC(O)CCBr.O=C(O)c1ccccc1.O=C(O)c1ccccc1. The first-order valence-corrected chi connectivity index (χ1v) is 9.92. The van der Waals surface area contributed by atoms with Gasteiger partial charge in [-0.15, -0.1) is 0 Å². The van der Waals surface area contributed by atoms with Crippen LogP contribution in [0.1, 0.15) is 46.9 Å². The van der Waals surface area contributed by atoms with Crippen LogP contribution < -0.4 is 0 Å². The van der Waals surface area contributed by atoms with Crippen LogP contribution in [0, 0.1) is 0 Å². The number of benzene rings is 2. The first-order valence-electron chi connectivity index (χ1n) is 8.80. The lowest BCUT2D eigenvalue weighted by Crippen LogP contribution is -2.16. The molecule has 0 amide bonds. The average Bonchev–Trinajstić information content (AvgIpc) is 2.70. The predicted octanol–water partition coefficient (Wildman–Crippen LogP) is 4.06. The third-order valence-electron chi connectivity index (χ3n) is 3.50. The maximum atomic E-state index is 10.2. The Labute approximate surface area is 173 Å². The highest BCUT2D eigenvalue weighted by molar-refractivity contribution is 9.09. The van der Waals surface area contributed by atoms with E-state index in [9.17, 15) is 9.59 Å². The number of halogens is 1. The molecule has 0 spiro atoms. The Morgan fingerprint density at radius 1 is 0.821 bits per heavy atom. The van der Waals surface area contributed by atoms with Crippen LogP contribution in [0.3, 0.4) is 0 Å². The normalized spacial score (nSPS) is 11.7. The smallest absolute Gasteiger partial charge is 0.335 e. The van der Waals surface area contributed by atoms with Crippen LogP contribution in [0.5, 0.6) is 0 Å². The van der Waals surface area contributed by atoms with Crippen molar-refractivity contribution in [2.75, 3.05) is 5.33 Å². The largest absolute Gasteiger partial charge is 0.478 e. The summed E-state index contributed by atoms with van der Waals surface area (Å²) in [6, 6.07) is 16.6. The van der Waals surface area contributed by atoms with E-state index in [1.807, 2.05) is 6.92 Å². The van der Waals surface area contributed by atoms with Crippen molar-refractivity contribution in [3.05, 3.63) is 71.8 Å². The van der Waals surface area contributed by atoms with Crippen LogP contribution in [0.25, 0.3) is 0 Å². The zero-order chi connectivity index (χ0) is 21.4. The molecule has 0 aliphatic carbocycles. The van der Waals surface area contributed by atoms with Gasteiger partial charge in [-0.25, -0.2) is 9.59 Å². The zero-order valence-electron chi connectivity index (χ0n) is 15.7. The highest BCUT2D eigenvalue weighted by atomic mass is 79.9. The van der Waals surface area contributed by atoms with Crippen molar-refractivity contribution in [1.29, 1.82) is 0 Å². The Bertz CT molecular complexity index is 614. The fourth-order valence-corrected chi connectivity index (χ4v) is 2.41. The van der Waals surface area contributed by atoms with E-state index < -0.39 is 11.9 Å². The molecule has 2 aromatic rings. The van der Waals surface area contributed by atoms with Gasteiger partial charge in [0.2, 0.25) is 0 Å². The molecule has 4 N–H and O–H groups in total. The van der Waals surface area contributed by atoms with Crippen LogP contribution in [-0.4, -0.2) is 49.9 Å². The topological polar surface area (TPSA) is 115 Å². The van der Waals surface area contributed by atoms with E-state index in [1.165, 1.54) is 0 Å². The summed E-state index contributed by atoms with van der Waals surface area (Å²) < 4.78 is 0. The quantitative estimate of drug-likeness (QED) is 0.468. The van der Waals surface area contributed by atoms with Crippen LogP contribution in [-0.2, 0) is 0 Å². The summed E-state index contributed by atoms with van der Waals surface area (Å²) >= 11 is 3.22. The van der Waals surface area contributed by atoms with Crippen LogP contribution in [0.15, 0.2) is 60.7 Å². The maximum Gasteiger partial charge on any atom is 0.335 e. The molecule has 0 bridgehead atoms. The summed E-state index contributed by atoms with van der Waals surface area (Å²) in [7, 11) is 0. The van der Waals surface area contributed by atoms with E-state index in [2.05, 4.69) is 15.9 Å². The number of hydrogen-bond acceptors (Lipinski definition) is 4. The molecular weight excluding hydrogens is 428 g/mol. The maximum absolute atomic E-state index is 10.2. The second-order valence-electron chi connectivity index (χ2n) is 5.77. The molecule has 2 aromatic carbocycles. The molecule has 2 rings (SSSR count). The Balaban J connectivity index is 0.000000391. The van der Waals surface area contributed by atoms with E-state index in [0.717, 1.165) is 18.2 Å². The summed E-state index contributed by atoms with van der Waals surface area (Å²) in [4.78, 5) is 20.4. The Morgan fingerprint density at radius 3 is 1.46 bits per heavy atom. The minimum atomic E-state index is -0.879. The summed E-state index contributed by atoms with van der Waals surface area (Å²) in [6.45, 7) is 1.91. The lowest BCUT2D eigenvalue weighted by atomic mass is 10.1. The van der Waals surface area contributed by atoms with E-state index in [-0.39, 0.29) is 12.2 Å². The molecular formula is C21H27BrO6. The number of aliphatic hydroxyl groups excluding tert-OH is 2. The van der Waals surface area contributed by atoms with Crippen molar-refractivity contribution in [3.63, 3.8) is 0 Å². The van der Waals surface area contributed by atoms with Gasteiger partial charge in [-0.3, -0.25) is 0 Å². The molecule has 0 aromatic heterocycles. The first kappa shape index (κ1) is 25.8. The zero-order valence-corrected chi connectivity index (χ0v) is 17.3. The van der Waals surface area contributed by atoms with E-state index in [0.29, 0.717) is 17.5 Å². The monoisotopic (exact) mass is 454 g/mol. The standard InChI is InChI=1S/C7H15BrO2.2C7H6O2/c1-2-6(9)5-7(10)3-4-8;2*8-7(9)6-4-2-1-3-5-6/h6-7,9-10H,2-5H2,1H3;2*1-5H,(H,8,9). The summed E-state index contributed by atoms with van der Waals surface area (Å²) in [5.74, 6) is -1.76. The third-order valence-corrected chi connectivity index (χ3v) is 3.96. The molecule has 0 radical (unpaired) electrons. The number of hydrogen-bond donors (Lipinski definition) is 4. The predicted molar refractivity (Wildman–Crippen MR) is 112 cm³/mol. The number of carbonyl (C=O) groups is 2. The van der Waals surface area contributed by atoms with Crippen LogP contribution in [0.2, 0.25) is 0 Å². The number of alkyl halides is 1. The highest BCUT2D eigenvalue weighted by Gasteiger charge is 2.08. The van der Waals surface area contributed by atoms with Gasteiger partial charge in [0.15, 0.2) is 0 Å². The van der Waals surface area contributed by atoms with Gasteiger partial charge in [0.25, 0.3) is 0 Å². The second kappa shape index (κ2) is 15.8. The highest BCUT2D eigenvalue weighted by Crippen LogP contribution is 2.06. The van der Waals surface area contributed by atoms with Crippen molar-refractivity contribution in [2.45, 2.75) is 38.4 Å². The van der Waals surface area contributed by atoms with E-state index in [1.54, 1.807) is 60.7 Å². The molecule has 2 unspecified atom stereocenters. The number of carboxylic acid groups (broad SMARTS) is 2. The Hall–Kier alpha value is -2.22. The van der Waals surface area contributed by atoms with Gasteiger partial charge in [-0.2, -0.15) is 0 Å². The van der Waals surface area contributed by atoms with E-state index >= 15 is 0 Å².